The lowest BCUT2D eigenvalue weighted by molar-refractivity contribution is 0.218. The van der Waals surface area contributed by atoms with Gasteiger partial charge in [0.15, 0.2) is 0 Å². The van der Waals surface area contributed by atoms with Crippen molar-refractivity contribution in [2.45, 2.75) is 25.3 Å². The highest BCUT2D eigenvalue weighted by Crippen LogP contribution is 2.20. The molecule has 0 radical (unpaired) electrons. The normalized spacial score (nSPS) is 10.4. The van der Waals surface area contributed by atoms with Gasteiger partial charge in [-0.3, -0.25) is 0 Å². The van der Waals surface area contributed by atoms with Crippen molar-refractivity contribution in [2.24, 2.45) is 0 Å². The predicted molar refractivity (Wildman–Crippen MR) is 68.1 cm³/mol. The molecule has 0 aliphatic heterocycles. The van der Waals surface area contributed by atoms with Gasteiger partial charge in [0.1, 0.15) is 5.03 Å². The van der Waals surface area contributed by atoms with Gasteiger partial charge in [-0.25, -0.2) is 9.97 Å². The summed E-state index contributed by atoms with van der Waals surface area (Å²) in [4.78, 5) is 8.70. The van der Waals surface area contributed by atoms with Crippen LogP contribution in [0.2, 0.25) is 0 Å². The Balaban J connectivity index is 2.59. The maximum atomic E-state index is 5.02. The standard InChI is InChI=1S/C11H19N3OS/c1-4-5-12-11-13-8-9(2)10(14-11)16-7-6-15-3/h8H,4-7H2,1-3H3,(H,12,13,14). The van der Waals surface area contributed by atoms with Crippen LogP contribution in [0.15, 0.2) is 11.2 Å². The number of aromatic nitrogens is 2. The van der Waals surface area contributed by atoms with E-state index in [1.165, 1.54) is 0 Å². The zero-order chi connectivity index (χ0) is 11.8. The van der Waals surface area contributed by atoms with E-state index in [9.17, 15) is 0 Å². The monoisotopic (exact) mass is 241 g/mol. The third-order valence-electron chi connectivity index (χ3n) is 1.98. The van der Waals surface area contributed by atoms with E-state index in [0.29, 0.717) is 5.95 Å². The van der Waals surface area contributed by atoms with E-state index in [-0.39, 0.29) is 0 Å². The Morgan fingerprint density at radius 1 is 1.50 bits per heavy atom. The van der Waals surface area contributed by atoms with Crippen LogP contribution in [0.25, 0.3) is 0 Å². The number of rotatable bonds is 7. The molecule has 1 aromatic rings. The Hall–Kier alpha value is -0.810. The Bertz CT molecular complexity index is 320. The van der Waals surface area contributed by atoms with E-state index in [1.807, 2.05) is 13.1 Å². The average molecular weight is 241 g/mol. The second-order valence-electron chi connectivity index (χ2n) is 3.45. The number of methoxy groups -OCH3 is 1. The van der Waals surface area contributed by atoms with Crippen molar-refractivity contribution in [2.75, 3.05) is 31.3 Å². The van der Waals surface area contributed by atoms with Crippen molar-refractivity contribution < 1.29 is 4.74 Å². The molecule has 1 N–H and O–H groups in total. The lowest BCUT2D eigenvalue weighted by Crippen LogP contribution is -2.05. The second kappa shape index (κ2) is 7.46. The molecule has 5 heteroatoms. The van der Waals surface area contributed by atoms with Crippen molar-refractivity contribution in [3.63, 3.8) is 0 Å². The lowest BCUT2D eigenvalue weighted by Gasteiger charge is -2.07. The maximum absolute atomic E-state index is 5.02. The number of hydrogen-bond acceptors (Lipinski definition) is 5. The van der Waals surface area contributed by atoms with Gasteiger partial charge in [0.2, 0.25) is 5.95 Å². The Morgan fingerprint density at radius 2 is 2.31 bits per heavy atom. The van der Waals surface area contributed by atoms with Crippen LogP contribution in [0.4, 0.5) is 5.95 Å². The van der Waals surface area contributed by atoms with Crippen molar-refractivity contribution >= 4 is 17.7 Å². The van der Waals surface area contributed by atoms with Crippen LogP contribution in [-0.2, 0) is 4.74 Å². The molecule has 4 nitrogen and oxygen atoms in total. The zero-order valence-corrected chi connectivity index (χ0v) is 10.9. The lowest BCUT2D eigenvalue weighted by atomic mass is 10.4. The topological polar surface area (TPSA) is 47.0 Å². The van der Waals surface area contributed by atoms with Gasteiger partial charge in [-0.15, -0.1) is 11.8 Å². The Morgan fingerprint density at radius 3 is 3.00 bits per heavy atom. The summed E-state index contributed by atoms with van der Waals surface area (Å²) in [6.45, 7) is 5.80. The Labute approximate surface area is 101 Å². The molecular formula is C11H19N3OS. The molecule has 1 rings (SSSR count). The number of anilines is 1. The maximum Gasteiger partial charge on any atom is 0.223 e. The summed E-state index contributed by atoms with van der Waals surface area (Å²) in [6, 6.07) is 0. The predicted octanol–water partition coefficient (Wildman–Crippen LogP) is 2.35. The molecule has 0 saturated heterocycles. The molecule has 0 spiro atoms. The van der Waals surface area contributed by atoms with Crippen molar-refractivity contribution in [1.29, 1.82) is 0 Å². The van der Waals surface area contributed by atoms with Gasteiger partial charge >= 0.3 is 0 Å². The number of ether oxygens (including phenoxy) is 1. The van der Waals surface area contributed by atoms with Crippen LogP contribution < -0.4 is 5.32 Å². The summed E-state index contributed by atoms with van der Waals surface area (Å²) >= 11 is 1.70. The number of nitrogens with zero attached hydrogens (tertiary/aromatic N) is 2. The molecule has 0 unspecified atom stereocenters. The van der Waals surface area contributed by atoms with Crippen LogP contribution in [0.1, 0.15) is 18.9 Å². The van der Waals surface area contributed by atoms with Gasteiger partial charge < -0.3 is 10.1 Å². The first-order valence-corrected chi connectivity index (χ1v) is 6.45. The third kappa shape index (κ3) is 4.37. The van der Waals surface area contributed by atoms with Crippen molar-refractivity contribution in [3.8, 4) is 0 Å². The molecule has 0 amide bonds. The summed E-state index contributed by atoms with van der Waals surface area (Å²) in [5, 5.41) is 4.22. The first-order valence-electron chi connectivity index (χ1n) is 5.47. The van der Waals surface area contributed by atoms with Crippen LogP contribution in [0, 0.1) is 6.92 Å². The molecule has 1 aromatic heterocycles. The highest BCUT2D eigenvalue weighted by molar-refractivity contribution is 7.99. The molecule has 0 saturated carbocycles. The highest BCUT2D eigenvalue weighted by Gasteiger charge is 2.03. The van der Waals surface area contributed by atoms with Gasteiger partial charge in [-0.05, 0) is 18.9 Å². The second-order valence-corrected chi connectivity index (χ2v) is 4.53. The van der Waals surface area contributed by atoms with E-state index < -0.39 is 0 Å². The number of thioether (sulfide) groups is 1. The van der Waals surface area contributed by atoms with Gasteiger partial charge in [0.05, 0.1) is 6.61 Å². The quantitative estimate of drug-likeness (QED) is 0.451. The molecular weight excluding hydrogens is 222 g/mol. The first-order chi connectivity index (χ1) is 7.77. The minimum atomic E-state index is 0.715. The van der Waals surface area contributed by atoms with E-state index in [0.717, 1.165) is 35.9 Å². The average Bonchev–Trinajstić information content (AvgIpc) is 2.30. The summed E-state index contributed by atoms with van der Waals surface area (Å²) in [6.07, 6.45) is 2.93. The molecule has 16 heavy (non-hydrogen) atoms. The van der Waals surface area contributed by atoms with Gasteiger partial charge in [0.25, 0.3) is 0 Å². The molecule has 0 fully saturated rings. The van der Waals surface area contributed by atoms with Crippen LogP contribution in [0.5, 0.6) is 0 Å². The van der Waals surface area contributed by atoms with Crippen LogP contribution >= 0.6 is 11.8 Å². The molecule has 1 heterocycles. The summed E-state index contributed by atoms with van der Waals surface area (Å²) in [5.74, 6) is 1.63. The smallest absolute Gasteiger partial charge is 0.223 e. The molecule has 0 aromatic carbocycles. The van der Waals surface area contributed by atoms with Gasteiger partial charge in [-0.2, -0.15) is 0 Å². The molecule has 0 aliphatic rings. The van der Waals surface area contributed by atoms with Gasteiger partial charge in [0, 0.05) is 25.6 Å². The third-order valence-corrected chi connectivity index (χ3v) is 3.04. The Kier molecular flexibility index (Phi) is 6.18. The van der Waals surface area contributed by atoms with E-state index in [1.54, 1.807) is 18.9 Å². The van der Waals surface area contributed by atoms with Crippen LogP contribution in [-0.4, -0.2) is 36.0 Å². The molecule has 0 atom stereocenters. The SMILES string of the molecule is CCCNc1ncc(C)c(SCCOC)n1. The van der Waals surface area contributed by atoms with Crippen molar-refractivity contribution in [3.05, 3.63) is 11.8 Å². The fraction of sp³-hybridized carbons (Fsp3) is 0.636. The van der Waals surface area contributed by atoms with Gasteiger partial charge in [-0.1, -0.05) is 6.92 Å². The fourth-order valence-electron chi connectivity index (χ4n) is 1.12. The largest absolute Gasteiger partial charge is 0.384 e. The number of hydrogen-bond donors (Lipinski definition) is 1. The fourth-order valence-corrected chi connectivity index (χ4v) is 1.99. The zero-order valence-electron chi connectivity index (χ0n) is 10.1. The minimum Gasteiger partial charge on any atom is -0.384 e. The molecule has 0 aliphatic carbocycles. The van der Waals surface area contributed by atoms with Crippen molar-refractivity contribution in [1.82, 2.24) is 9.97 Å². The number of nitrogens with one attached hydrogen (secondary N) is 1. The van der Waals surface area contributed by atoms with E-state index in [2.05, 4.69) is 22.2 Å². The minimum absolute atomic E-state index is 0.715. The summed E-state index contributed by atoms with van der Waals surface area (Å²) in [5.41, 5.74) is 1.11. The van der Waals surface area contributed by atoms with Crippen LogP contribution in [0.3, 0.4) is 0 Å². The van der Waals surface area contributed by atoms with E-state index >= 15 is 0 Å². The molecule has 0 bridgehead atoms. The van der Waals surface area contributed by atoms with E-state index in [4.69, 9.17) is 4.74 Å². The summed E-state index contributed by atoms with van der Waals surface area (Å²) in [7, 11) is 1.71. The highest BCUT2D eigenvalue weighted by atomic mass is 32.2. The first kappa shape index (κ1) is 13.3. The summed E-state index contributed by atoms with van der Waals surface area (Å²) < 4.78 is 5.02. The number of aryl methyl sites for hydroxylation is 1. The molecule has 90 valence electrons.